The van der Waals surface area contributed by atoms with Gasteiger partial charge in [-0.2, -0.15) is 0 Å². The Morgan fingerprint density at radius 1 is 1.50 bits per heavy atom. The van der Waals surface area contributed by atoms with E-state index in [1.165, 1.54) is 13.8 Å². The minimum atomic E-state index is -1.13. The molecule has 54 valence electrons. The zero-order chi connectivity index (χ0) is 7.44. The molecule has 10 heavy (non-hydrogen) atoms. The van der Waals surface area contributed by atoms with Crippen LogP contribution in [-0.4, -0.2) is 52.7 Å². The van der Waals surface area contributed by atoms with Crippen LogP contribution in [0.15, 0.2) is 0 Å². The average Bonchev–Trinajstić information content (AvgIpc) is 1.63. The molecule has 0 aromatic carbocycles. The van der Waals surface area contributed by atoms with E-state index >= 15 is 0 Å². The van der Waals surface area contributed by atoms with Crippen molar-refractivity contribution in [3.63, 3.8) is 0 Å². The van der Waals surface area contributed by atoms with Gasteiger partial charge in [0, 0.05) is 6.92 Å². The van der Waals surface area contributed by atoms with E-state index in [4.69, 9.17) is 5.11 Å². The first-order valence-electron chi connectivity index (χ1n) is 2.44. The predicted octanol–water partition coefficient (Wildman–Crippen LogP) is -0.626. The second-order valence-electron chi connectivity index (χ2n) is 1.59. The number of esters is 1. The van der Waals surface area contributed by atoms with Crippen LogP contribution in [0.1, 0.15) is 13.8 Å². The van der Waals surface area contributed by atoms with E-state index in [1.54, 1.807) is 0 Å². The summed E-state index contributed by atoms with van der Waals surface area (Å²) in [6.07, 6.45) is -1.04. The molecular formula is C5H9NaO4. The van der Waals surface area contributed by atoms with Gasteiger partial charge in [0.15, 0.2) is 6.10 Å². The van der Waals surface area contributed by atoms with Crippen LogP contribution < -0.4 is 0 Å². The van der Waals surface area contributed by atoms with Gasteiger partial charge in [0.25, 0.3) is 0 Å². The first-order chi connectivity index (χ1) is 4.04. The minimum absolute atomic E-state index is 0. The molecule has 1 N–H and O–H groups in total. The molecule has 0 radical (unpaired) electrons. The quantitative estimate of drug-likeness (QED) is 0.427. The third kappa shape index (κ3) is 6.07. The van der Waals surface area contributed by atoms with Gasteiger partial charge in [0.05, 0.1) is 0 Å². The molecule has 0 spiro atoms. The standard InChI is InChI=1S/C5H8O4.Na.H/c1-3(5(7)8)9-4(2)6;;/h3H,1-2H3,(H,7,8);;. The van der Waals surface area contributed by atoms with Crippen LogP contribution in [0.3, 0.4) is 0 Å². The van der Waals surface area contributed by atoms with Crippen LogP contribution in [0.2, 0.25) is 0 Å². The number of hydrogen-bond acceptors (Lipinski definition) is 3. The van der Waals surface area contributed by atoms with E-state index in [2.05, 4.69) is 4.74 Å². The molecule has 0 rings (SSSR count). The molecular weight excluding hydrogens is 147 g/mol. The van der Waals surface area contributed by atoms with Gasteiger partial charge in [-0.1, -0.05) is 0 Å². The Balaban J connectivity index is 0. The number of aliphatic carboxylic acids is 1. The van der Waals surface area contributed by atoms with Crippen molar-refractivity contribution in [1.82, 2.24) is 0 Å². The summed E-state index contributed by atoms with van der Waals surface area (Å²) in [5, 5.41) is 8.15. The van der Waals surface area contributed by atoms with E-state index < -0.39 is 18.0 Å². The molecule has 5 heteroatoms. The molecule has 0 amide bonds. The van der Waals surface area contributed by atoms with Gasteiger partial charge >= 0.3 is 41.5 Å². The first kappa shape index (κ1) is 12.6. The van der Waals surface area contributed by atoms with Crippen LogP contribution in [0, 0.1) is 0 Å². The van der Waals surface area contributed by atoms with Gasteiger partial charge in [-0.3, -0.25) is 4.79 Å². The molecule has 0 saturated carbocycles. The summed E-state index contributed by atoms with van der Waals surface area (Å²) in [7, 11) is 0. The molecule has 0 heterocycles. The first-order valence-corrected chi connectivity index (χ1v) is 2.44. The summed E-state index contributed by atoms with van der Waals surface area (Å²) in [5.41, 5.74) is 0. The van der Waals surface area contributed by atoms with Gasteiger partial charge in [-0.15, -0.1) is 0 Å². The zero-order valence-corrected chi connectivity index (χ0v) is 5.25. The van der Waals surface area contributed by atoms with E-state index in [1.807, 2.05) is 0 Å². The molecule has 0 saturated heterocycles. The van der Waals surface area contributed by atoms with Gasteiger partial charge in [-0.05, 0) is 6.92 Å². The van der Waals surface area contributed by atoms with Crippen LogP contribution >= 0.6 is 0 Å². The van der Waals surface area contributed by atoms with Gasteiger partial charge < -0.3 is 9.84 Å². The van der Waals surface area contributed by atoms with E-state index in [9.17, 15) is 9.59 Å². The van der Waals surface area contributed by atoms with Crippen molar-refractivity contribution < 1.29 is 19.4 Å². The fraction of sp³-hybridized carbons (Fsp3) is 0.600. The van der Waals surface area contributed by atoms with Crippen LogP contribution in [0.25, 0.3) is 0 Å². The molecule has 0 aromatic rings. The zero-order valence-electron chi connectivity index (χ0n) is 5.25. The summed E-state index contributed by atoms with van der Waals surface area (Å²) in [6, 6.07) is 0. The van der Waals surface area contributed by atoms with Crippen molar-refractivity contribution in [2.24, 2.45) is 0 Å². The number of carboxylic acids is 1. The second-order valence-corrected chi connectivity index (χ2v) is 1.59. The number of rotatable bonds is 2. The van der Waals surface area contributed by atoms with Crippen LogP contribution in [0.5, 0.6) is 0 Å². The topological polar surface area (TPSA) is 63.6 Å². The molecule has 0 fully saturated rings. The van der Waals surface area contributed by atoms with Crippen molar-refractivity contribution in [3.8, 4) is 0 Å². The molecule has 4 nitrogen and oxygen atoms in total. The molecule has 0 aliphatic heterocycles. The summed E-state index contributed by atoms with van der Waals surface area (Å²) in [5.74, 6) is -1.71. The van der Waals surface area contributed by atoms with Crippen molar-refractivity contribution in [2.45, 2.75) is 20.0 Å². The Kier molecular flexibility index (Phi) is 7.19. The summed E-state index contributed by atoms with van der Waals surface area (Å²) in [6.45, 7) is 2.46. The van der Waals surface area contributed by atoms with E-state index in [0.717, 1.165) is 0 Å². The van der Waals surface area contributed by atoms with Crippen molar-refractivity contribution in [2.75, 3.05) is 0 Å². The Labute approximate surface area is 80.8 Å². The van der Waals surface area contributed by atoms with E-state index in [0.29, 0.717) is 0 Å². The molecule has 0 aliphatic carbocycles. The fourth-order valence-electron chi connectivity index (χ4n) is 0.299. The second kappa shape index (κ2) is 5.70. The normalized spacial score (nSPS) is 11.0. The molecule has 1 unspecified atom stereocenters. The Bertz CT molecular complexity index is 134. The Morgan fingerprint density at radius 2 is 1.90 bits per heavy atom. The molecule has 1 atom stereocenters. The number of carboxylic acid groups (broad SMARTS) is 1. The van der Waals surface area contributed by atoms with E-state index in [-0.39, 0.29) is 29.6 Å². The summed E-state index contributed by atoms with van der Waals surface area (Å²) in [4.78, 5) is 20.0. The Hall–Kier alpha value is -0.0600. The van der Waals surface area contributed by atoms with Crippen molar-refractivity contribution in [3.05, 3.63) is 0 Å². The van der Waals surface area contributed by atoms with Crippen molar-refractivity contribution in [1.29, 1.82) is 0 Å². The number of carbonyl (C=O) groups is 2. The summed E-state index contributed by atoms with van der Waals surface area (Å²) < 4.78 is 4.27. The van der Waals surface area contributed by atoms with Crippen molar-refractivity contribution >= 4 is 41.5 Å². The molecule has 0 aliphatic rings. The number of carbonyl (C=O) groups excluding carboxylic acids is 1. The van der Waals surface area contributed by atoms with Crippen LogP contribution in [-0.2, 0) is 14.3 Å². The third-order valence-corrected chi connectivity index (χ3v) is 0.691. The number of ether oxygens (including phenoxy) is 1. The van der Waals surface area contributed by atoms with Crippen LogP contribution in [0.4, 0.5) is 0 Å². The number of hydrogen-bond donors (Lipinski definition) is 1. The molecule has 0 aromatic heterocycles. The maximum atomic E-state index is 10.1. The SMILES string of the molecule is CC(=O)OC(C)C(=O)O.[NaH]. The average molecular weight is 156 g/mol. The predicted molar refractivity (Wildman–Crippen MR) is 36.0 cm³/mol. The fourth-order valence-corrected chi connectivity index (χ4v) is 0.299. The van der Waals surface area contributed by atoms with Gasteiger partial charge in [-0.25, -0.2) is 4.79 Å². The summed E-state index contributed by atoms with van der Waals surface area (Å²) >= 11 is 0. The monoisotopic (exact) mass is 156 g/mol. The van der Waals surface area contributed by atoms with Gasteiger partial charge in [0.2, 0.25) is 0 Å². The third-order valence-electron chi connectivity index (χ3n) is 0.691. The van der Waals surface area contributed by atoms with Gasteiger partial charge in [0.1, 0.15) is 0 Å². The maximum absolute atomic E-state index is 10.1. The Morgan fingerprint density at radius 3 is 2.00 bits per heavy atom. The molecule has 0 bridgehead atoms.